The van der Waals surface area contributed by atoms with E-state index in [1.807, 2.05) is 48.6 Å². The minimum absolute atomic E-state index is 0.0758. The molecule has 3 aromatic rings. The first kappa shape index (κ1) is 22.7. The maximum atomic E-state index is 13.3. The van der Waals surface area contributed by atoms with Crippen molar-refractivity contribution in [1.29, 1.82) is 0 Å². The van der Waals surface area contributed by atoms with E-state index in [4.69, 9.17) is 22.1 Å². The molecule has 1 unspecified atom stereocenters. The summed E-state index contributed by atoms with van der Waals surface area (Å²) < 4.78 is 8.11. The van der Waals surface area contributed by atoms with Gasteiger partial charge in [0.05, 0.1) is 27.0 Å². The van der Waals surface area contributed by atoms with E-state index >= 15 is 0 Å². The number of rotatable bonds is 6. The van der Waals surface area contributed by atoms with Crippen LogP contribution in [0, 0.1) is 12.8 Å². The van der Waals surface area contributed by atoms with Crippen LogP contribution in [0.5, 0.6) is 5.75 Å². The fourth-order valence-electron chi connectivity index (χ4n) is 4.18. The number of nitrogens with two attached hydrogens (primary N) is 1. The van der Waals surface area contributed by atoms with Crippen molar-refractivity contribution in [2.24, 2.45) is 11.7 Å². The predicted molar refractivity (Wildman–Crippen MR) is 131 cm³/mol. The molecule has 0 radical (unpaired) electrons. The average molecular weight is 426 g/mol. The Balaban J connectivity index is 2.22. The topological polar surface area (TPSA) is 70.1 Å². The molecule has 3 rings (SSSR count). The fourth-order valence-corrected chi connectivity index (χ4v) is 4.38. The molecule has 0 bridgehead atoms. The van der Waals surface area contributed by atoms with Crippen LogP contribution in [0.25, 0.3) is 21.7 Å². The van der Waals surface area contributed by atoms with E-state index < -0.39 is 10.9 Å². The molecule has 0 fully saturated rings. The molecule has 0 aliphatic heterocycles. The van der Waals surface area contributed by atoms with Crippen molar-refractivity contribution in [2.75, 3.05) is 0 Å². The molecule has 0 aliphatic rings. The molecule has 5 nitrogen and oxygen atoms in total. The van der Waals surface area contributed by atoms with Crippen molar-refractivity contribution in [3.05, 3.63) is 45.5 Å². The lowest BCUT2D eigenvalue weighted by Crippen LogP contribution is -2.63. The van der Waals surface area contributed by atoms with Crippen LogP contribution in [0.2, 0.25) is 5.02 Å². The molecule has 2 N–H and O–H groups in total. The average Bonchev–Trinajstić information content (AvgIpc) is 2.62. The Labute approximate surface area is 184 Å². The lowest BCUT2D eigenvalue weighted by molar-refractivity contribution is 0.134. The molecule has 0 saturated heterocycles. The Kier molecular flexibility index (Phi) is 6.00. The summed E-state index contributed by atoms with van der Waals surface area (Å²) in [5, 5.41) is 2.11. The zero-order valence-electron chi connectivity index (χ0n) is 19.0. The highest BCUT2D eigenvalue weighted by Gasteiger charge is 2.40. The van der Waals surface area contributed by atoms with Gasteiger partial charge in [0.25, 0.3) is 5.56 Å². The number of fused-ring (bicyclic) bond motifs is 3. The first-order valence-electron chi connectivity index (χ1n) is 10.5. The lowest BCUT2D eigenvalue weighted by atomic mass is 9.53. The van der Waals surface area contributed by atoms with Crippen molar-refractivity contribution >= 4 is 49.0 Å². The molecular formula is C22H30B2ClN3O2. The number of benzene rings is 1. The molecule has 0 amide bonds. The standard InChI is InChI=1S/C22H30B2ClN3O2/c1-6-28-19-13(4)27-8-7-14(19)15-9-17(25)18(10-16(15)20(28)29)30-22(23,24)21(5,26)11-12(2)3/h7-10,12H,6,11,23-24,26H2,1-5H3. The van der Waals surface area contributed by atoms with Gasteiger partial charge in [-0.1, -0.05) is 25.4 Å². The van der Waals surface area contributed by atoms with Gasteiger partial charge < -0.3 is 15.0 Å². The van der Waals surface area contributed by atoms with Crippen LogP contribution >= 0.6 is 11.6 Å². The maximum absolute atomic E-state index is 13.3. The summed E-state index contributed by atoms with van der Waals surface area (Å²) in [6, 6.07) is 5.51. The van der Waals surface area contributed by atoms with Crippen LogP contribution in [0.3, 0.4) is 0 Å². The maximum Gasteiger partial charge on any atom is 0.259 e. The Morgan fingerprint density at radius 1 is 1.27 bits per heavy atom. The van der Waals surface area contributed by atoms with Gasteiger partial charge in [-0.25, -0.2) is 0 Å². The number of aryl methyl sites for hydroxylation is 2. The quantitative estimate of drug-likeness (QED) is 0.487. The molecule has 1 aromatic carbocycles. The van der Waals surface area contributed by atoms with Crippen LogP contribution in [0.1, 0.15) is 39.8 Å². The third-order valence-electron chi connectivity index (χ3n) is 6.10. The molecule has 0 saturated carbocycles. The van der Waals surface area contributed by atoms with E-state index in [1.54, 1.807) is 16.8 Å². The highest BCUT2D eigenvalue weighted by Crippen LogP contribution is 2.36. The van der Waals surface area contributed by atoms with E-state index in [-0.39, 0.29) is 5.56 Å². The van der Waals surface area contributed by atoms with Crippen LogP contribution in [0.4, 0.5) is 0 Å². The van der Waals surface area contributed by atoms with E-state index in [9.17, 15) is 4.79 Å². The normalized spacial score (nSPS) is 14.4. The highest BCUT2D eigenvalue weighted by atomic mass is 35.5. The second kappa shape index (κ2) is 7.93. The molecule has 158 valence electrons. The molecule has 2 heterocycles. The molecule has 8 heteroatoms. The molecule has 0 spiro atoms. The van der Waals surface area contributed by atoms with Crippen molar-refractivity contribution in [2.45, 2.75) is 58.5 Å². The molecular weight excluding hydrogens is 395 g/mol. The van der Waals surface area contributed by atoms with Gasteiger partial charge in [0.1, 0.15) is 21.4 Å². The van der Waals surface area contributed by atoms with Gasteiger partial charge in [-0.3, -0.25) is 9.78 Å². The minimum Gasteiger partial charge on any atom is -0.502 e. The van der Waals surface area contributed by atoms with Gasteiger partial charge in [-0.05, 0) is 56.7 Å². The van der Waals surface area contributed by atoms with Crippen LogP contribution in [-0.4, -0.2) is 36.2 Å². The summed E-state index contributed by atoms with van der Waals surface area (Å²) in [4.78, 5) is 17.7. The van der Waals surface area contributed by atoms with Crippen molar-refractivity contribution in [3.63, 3.8) is 0 Å². The Morgan fingerprint density at radius 3 is 2.53 bits per heavy atom. The van der Waals surface area contributed by atoms with Crippen LogP contribution in [-0.2, 0) is 6.54 Å². The van der Waals surface area contributed by atoms with E-state index in [1.165, 1.54) is 0 Å². The SMILES string of the molecule is BC(B)(Oc1cc2c(=O)n(CC)c3c(C)nccc3c2cc1Cl)C(C)(N)CC(C)C. The Morgan fingerprint density at radius 2 is 1.93 bits per heavy atom. The second-order valence-corrected chi connectivity index (χ2v) is 9.71. The van der Waals surface area contributed by atoms with E-state index in [0.717, 1.165) is 28.4 Å². The van der Waals surface area contributed by atoms with Gasteiger partial charge in [-0.15, -0.1) is 0 Å². The Hall–Kier alpha value is -1.98. The minimum atomic E-state index is -0.685. The fraction of sp³-hybridized carbons (Fsp3) is 0.455. The van der Waals surface area contributed by atoms with Gasteiger partial charge in [-0.2, -0.15) is 0 Å². The third kappa shape index (κ3) is 3.85. The number of hydrogen-bond acceptors (Lipinski definition) is 4. The lowest BCUT2D eigenvalue weighted by Gasteiger charge is -2.43. The number of aromatic nitrogens is 2. The largest absolute Gasteiger partial charge is 0.502 e. The van der Waals surface area contributed by atoms with Gasteiger partial charge in [0.2, 0.25) is 0 Å². The van der Waals surface area contributed by atoms with Gasteiger partial charge >= 0.3 is 0 Å². The Bertz CT molecular complexity index is 1170. The smallest absolute Gasteiger partial charge is 0.259 e. The van der Waals surface area contributed by atoms with E-state index in [2.05, 4.69) is 18.8 Å². The van der Waals surface area contributed by atoms with Crippen LogP contribution in [0.15, 0.2) is 29.2 Å². The highest BCUT2D eigenvalue weighted by molar-refractivity contribution is 6.40. The molecule has 1 atom stereocenters. The zero-order chi connectivity index (χ0) is 22.4. The first-order chi connectivity index (χ1) is 13.9. The van der Waals surface area contributed by atoms with Crippen molar-refractivity contribution in [1.82, 2.24) is 9.55 Å². The zero-order valence-corrected chi connectivity index (χ0v) is 19.7. The van der Waals surface area contributed by atoms with Gasteiger partial charge in [0.15, 0.2) is 0 Å². The predicted octanol–water partition coefficient (Wildman–Crippen LogP) is 2.59. The number of pyridine rings is 2. The second-order valence-electron chi connectivity index (χ2n) is 9.30. The monoisotopic (exact) mass is 425 g/mol. The van der Waals surface area contributed by atoms with Crippen molar-refractivity contribution in [3.8, 4) is 5.75 Å². The third-order valence-corrected chi connectivity index (χ3v) is 6.40. The summed E-state index contributed by atoms with van der Waals surface area (Å²) >= 11 is 6.64. The number of halogens is 1. The number of nitrogens with zero attached hydrogens (tertiary/aromatic N) is 2. The molecule has 0 aliphatic carbocycles. The molecule has 2 aromatic heterocycles. The summed E-state index contributed by atoms with van der Waals surface area (Å²) in [5.74, 6) is 0.898. The van der Waals surface area contributed by atoms with Crippen molar-refractivity contribution < 1.29 is 4.74 Å². The molecule has 30 heavy (non-hydrogen) atoms. The summed E-state index contributed by atoms with van der Waals surface area (Å²) in [6.07, 6.45) is 2.56. The first-order valence-corrected chi connectivity index (χ1v) is 10.9. The van der Waals surface area contributed by atoms with Gasteiger partial charge in [0, 0.05) is 23.7 Å². The van der Waals surface area contributed by atoms with E-state index in [0.29, 0.717) is 28.6 Å². The summed E-state index contributed by atoms with van der Waals surface area (Å²) in [7, 11) is 3.94. The number of ether oxygens (including phenoxy) is 1. The summed E-state index contributed by atoms with van der Waals surface area (Å²) in [5.41, 5.74) is 7.64. The number of hydrogen-bond donors (Lipinski definition) is 1. The summed E-state index contributed by atoms with van der Waals surface area (Å²) in [6.45, 7) is 10.7. The van der Waals surface area contributed by atoms with Crippen LogP contribution < -0.4 is 16.0 Å².